The van der Waals surface area contributed by atoms with Gasteiger partial charge >= 0.3 is 5.69 Å². The van der Waals surface area contributed by atoms with E-state index in [1.807, 2.05) is 10.3 Å². The van der Waals surface area contributed by atoms with Gasteiger partial charge < -0.3 is 54.1 Å². The van der Waals surface area contributed by atoms with E-state index >= 15 is 0 Å². The monoisotopic (exact) mass is 684 g/mol. The number of phosphoric ester groups is 2. The van der Waals surface area contributed by atoms with Gasteiger partial charge in [-0.1, -0.05) is 0 Å². The molecule has 3 heterocycles. The normalized spacial score (nSPS) is 34.3. The number of rotatable bonds is 12. The molecule has 0 radical (unpaired) electrons. The van der Waals surface area contributed by atoms with Crippen LogP contribution in [0.5, 0.6) is 0 Å². The Morgan fingerprint density at radius 2 is 1.77 bits per heavy atom. The van der Waals surface area contributed by atoms with Crippen LogP contribution in [0, 0.1) is 0 Å². The number of aromatic nitrogens is 2. The van der Waals surface area contributed by atoms with E-state index in [1.165, 1.54) is 0 Å². The third kappa shape index (κ3) is 9.27. The van der Waals surface area contributed by atoms with Gasteiger partial charge in [-0.05, 0) is 0 Å². The van der Waals surface area contributed by atoms with Gasteiger partial charge in [0, 0.05) is 19.2 Å². The van der Waals surface area contributed by atoms with Gasteiger partial charge in [0.1, 0.15) is 42.7 Å². The largest absolute Gasteiger partial charge is 0.756 e. The predicted octanol–water partition coefficient (Wildman–Crippen LogP) is -6.43. The Bertz CT molecular complexity index is 1480. The zero-order valence-electron chi connectivity index (χ0n) is 21.3. The Kier molecular flexibility index (Phi) is 11.2. The number of hydrogen-bond acceptors (Lipinski definition) is 20. The van der Waals surface area contributed by atoms with Crippen molar-refractivity contribution in [3.05, 3.63) is 33.1 Å². The quantitative estimate of drug-likeness (QED) is 0.0677. The summed E-state index contributed by atoms with van der Waals surface area (Å²) in [6.07, 6.45) is -15.1. The highest BCUT2D eigenvalue weighted by Crippen LogP contribution is 2.57. The molecule has 0 bridgehead atoms. The van der Waals surface area contributed by atoms with E-state index in [9.17, 15) is 66.7 Å². The lowest BCUT2D eigenvalue weighted by atomic mass is 9.97. The van der Waals surface area contributed by atoms with Crippen LogP contribution >= 0.6 is 15.6 Å². The second-order valence-electron chi connectivity index (χ2n) is 8.85. The summed E-state index contributed by atoms with van der Waals surface area (Å²) < 4.78 is 85.4. The molecule has 3 rings (SSSR count). The van der Waals surface area contributed by atoms with Gasteiger partial charge in [0.05, 0.1) is 13.2 Å². The van der Waals surface area contributed by atoms with Gasteiger partial charge in [-0.25, -0.2) is 17.5 Å². The minimum absolute atomic E-state index is 0.661. The molecule has 246 valence electrons. The Morgan fingerprint density at radius 3 is 2.33 bits per heavy atom. The van der Waals surface area contributed by atoms with Crippen molar-refractivity contribution in [3.63, 3.8) is 0 Å². The molecule has 1 aromatic rings. The zero-order chi connectivity index (χ0) is 32.5. The van der Waals surface area contributed by atoms with Gasteiger partial charge in [0.15, 0.2) is 12.5 Å². The summed E-state index contributed by atoms with van der Waals surface area (Å²) in [5.74, 6) is -0.994. The summed E-state index contributed by atoms with van der Waals surface area (Å²) >= 11 is 0. The Balaban J connectivity index is 1.70. The molecule has 0 saturated carbocycles. The third-order valence-electron chi connectivity index (χ3n) is 5.74. The van der Waals surface area contributed by atoms with Crippen molar-refractivity contribution in [1.29, 1.82) is 0 Å². The minimum atomic E-state index is -6.12. The fraction of sp³-hybridized carbons (Fsp3) is 0.706. The van der Waals surface area contributed by atoms with Crippen LogP contribution < -0.4 is 26.4 Å². The number of hydrogen-bond donors (Lipinski definition) is 6. The summed E-state index contributed by atoms with van der Waals surface area (Å²) in [5.41, 5.74) is -1.86. The Morgan fingerprint density at radius 1 is 1.12 bits per heavy atom. The van der Waals surface area contributed by atoms with Crippen molar-refractivity contribution in [3.8, 4) is 0 Å². The first-order valence-corrected chi connectivity index (χ1v) is 15.8. The maximum absolute atomic E-state index is 12.4. The molecule has 2 aliphatic rings. The van der Waals surface area contributed by atoms with E-state index in [1.54, 1.807) is 0 Å². The number of aliphatic hydroxyl groups excluding tert-OH is 4. The summed E-state index contributed by atoms with van der Waals surface area (Å²) in [6.45, 7) is -1.56. The molecule has 0 spiro atoms. The number of nitrogens with zero attached hydrogens (tertiary/aromatic N) is 1. The first-order chi connectivity index (χ1) is 19.7. The van der Waals surface area contributed by atoms with E-state index < -0.39 is 112 Å². The van der Waals surface area contributed by atoms with Crippen LogP contribution in [0.15, 0.2) is 21.9 Å². The Labute approximate surface area is 239 Å². The number of carbonyl (C=O) groups excluding carboxylic acids is 1. The molecule has 11 atom stereocenters. The van der Waals surface area contributed by atoms with Gasteiger partial charge in [0.2, 0.25) is 16.3 Å². The van der Waals surface area contributed by atoms with Crippen molar-refractivity contribution in [1.82, 2.24) is 14.9 Å². The number of ether oxygens (including phenoxy) is 2. The number of phosphoric acid groups is 2. The van der Waals surface area contributed by atoms with Crippen LogP contribution in [0.25, 0.3) is 0 Å². The number of carbonyl (C=O) groups is 1. The van der Waals surface area contributed by atoms with Crippen LogP contribution in [-0.4, -0.2) is 111 Å². The second-order valence-corrected chi connectivity index (χ2v) is 12.8. The lowest BCUT2D eigenvalue weighted by Crippen LogP contribution is -2.65. The second kappa shape index (κ2) is 13.6. The topological polar surface area (TPSA) is 358 Å². The smallest absolute Gasteiger partial charge is 0.330 e. The van der Waals surface area contributed by atoms with Gasteiger partial charge in [0.25, 0.3) is 21.2 Å². The average molecular weight is 684 g/mol. The lowest BCUT2D eigenvalue weighted by Gasteiger charge is -2.45. The summed E-state index contributed by atoms with van der Waals surface area (Å²) in [7, 11) is -17.6. The van der Waals surface area contributed by atoms with Crippen molar-refractivity contribution in [2.24, 2.45) is 0 Å². The van der Waals surface area contributed by atoms with E-state index in [0.717, 1.165) is 19.2 Å². The molecule has 23 nitrogen and oxygen atoms in total. The maximum Gasteiger partial charge on any atom is 0.330 e. The van der Waals surface area contributed by atoms with Crippen molar-refractivity contribution in [2.45, 2.75) is 62.1 Å². The highest BCUT2D eigenvalue weighted by molar-refractivity contribution is 7.80. The molecule has 0 aliphatic carbocycles. The van der Waals surface area contributed by atoms with Crippen molar-refractivity contribution < 1.29 is 84.1 Å². The molecule has 6 N–H and O–H groups in total. The number of H-pyrrole nitrogens is 1. The molecule has 0 aromatic carbocycles. The summed E-state index contributed by atoms with van der Waals surface area (Å²) in [4.78, 5) is 61.2. The minimum Gasteiger partial charge on any atom is -0.756 e. The lowest BCUT2D eigenvalue weighted by molar-refractivity contribution is -0.282. The summed E-state index contributed by atoms with van der Waals surface area (Å²) in [5, 5.41) is 42.2. The molecule has 2 aliphatic heterocycles. The SMILES string of the molecule is CC(=O)N[C@H]1C(OP(=O)([O-])OP(=O)([O-])OC[C@H]2O[C@@H](n3ccc(=O)[nH]c3=O)[C@H](O)[C@@H]2O)O[C@H](CO)[C@H](OS(=O)(=O)[O-])[C@@H]1O. The zero-order valence-corrected chi connectivity index (χ0v) is 23.9. The van der Waals surface area contributed by atoms with Crippen LogP contribution in [0.1, 0.15) is 13.2 Å². The number of aromatic amines is 1. The highest BCUT2D eigenvalue weighted by atomic mass is 32.3. The molecule has 1 amide bonds. The number of aliphatic hydroxyl groups is 4. The van der Waals surface area contributed by atoms with Crippen molar-refractivity contribution in [2.75, 3.05) is 13.2 Å². The van der Waals surface area contributed by atoms with Crippen LogP contribution in [0.4, 0.5) is 0 Å². The fourth-order valence-corrected chi connectivity index (χ4v) is 6.58. The molecular formula is C17H24N3O20P2S-3. The number of nitrogens with one attached hydrogen (secondary N) is 2. The van der Waals surface area contributed by atoms with E-state index in [-0.39, 0.29) is 0 Å². The molecule has 2 saturated heterocycles. The first-order valence-electron chi connectivity index (χ1n) is 11.6. The molecular weight excluding hydrogens is 660 g/mol. The van der Waals surface area contributed by atoms with Gasteiger partial charge in [-0.3, -0.25) is 37.0 Å². The average Bonchev–Trinajstić information content (AvgIpc) is 3.13. The van der Waals surface area contributed by atoms with Crippen LogP contribution in [0.2, 0.25) is 0 Å². The van der Waals surface area contributed by atoms with Gasteiger partial charge in [-0.15, -0.1) is 0 Å². The molecule has 43 heavy (non-hydrogen) atoms. The predicted molar refractivity (Wildman–Crippen MR) is 125 cm³/mol. The van der Waals surface area contributed by atoms with Crippen LogP contribution in [-0.2, 0) is 51.3 Å². The third-order valence-corrected chi connectivity index (χ3v) is 8.73. The summed E-state index contributed by atoms with van der Waals surface area (Å²) in [6, 6.07) is -1.17. The van der Waals surface area contributed by atoms with Crippen LogP contribution in [0.3, 0.4) is 0 Å². The maximum atomic E-state index is 12.4. The Hall–Kier alpha value is -1.96. The number of amides is 1. The fourth-order valence-electron chi connectivity index (χ4n) is 3.98. The van der Waals surface area contributed by atoms with E-state index in [4.69, 9.17) is 9.47 Å². The van der Waals surface area contributed by atoms with E-state index in [0.29, 0.717) is 4.57 Å². The first kappa shape index (κ1) is 35.5. The van der Waals surface area contributed by atoms with E-state index in [2.05, 4.69) is 17.5 Å². The molecule has 2 fully saturated rings. The van der Waals surface area contributed by atoms with Crippen molar-refractivity contribution >= 4 is 32.0 Å². The molecule has 26 heteroatoms. The highest BCUT2D eigenvalue weighted by Gasteiger charge is 2.49. The standard InChI is InChI=1S/C17H27N3O20P2S/c1-6(22)18-10-12(25)14(39-43(32,33)34)7(4-21)37-16(10)38-42(30,31)40-41(28,29)35-5-8-11(24)13(26)15(36-8)20-3-2-9(23)19-17(20)27/h2-3,7-8,10-16,21,24-26H,4-5H2,1H3,(H,18,22)(H,28,29)(H,30,31)(H,19,23,27)(H,32,33,34)/p-3/t7-,8-,10-,11-,12-,13-,14+,15-,16?/m1/s1. The van der Waals surface area contributed by atoms with Gasteiger partial charge in [-0.2, -0.15) is 0 Å². The molecule has 1 aromatic heterocycles. The molecule has 3 unspecified atom stereocenters.